The van der Waals surface area contributed by atoms with E-state index in [2.05, 4.69) is 10.2 Å². The molecule has 1 aromatic rings. The molecule has 1 atom stereocenters. The molecule has 3 nitrogen and oxygen atoms in total. The molecule has 0 bridgehead atoms. The second-order valence-corrected chi connectivity index (χ2v) is 5.62. The van der Waals surface area contributed by atoms with Crippen LogP contribution in [0.4, 0.5) is 22.0 Å². The summed E-state index contributed by atoms with van der Waals surface area (Å²) < 4.78 is 65.6. The summed E-state index contributed by atoms with van der Waals surface area (Å²) in [5.74, 6) is -3.97. The van der Waals surface area contributed by atoms with Gasteiger partial charge in [0.05, 0.1) is 24.0 Å². The van der Waals surface area contributed by atoms with Gasteiger partial charge in [0.2, 0.25) is 0 Å². The average molecular weight is 309 g/mol. The van der Waals surface area contributed by atoms with Crippen molar-refractivity contribution in [2.24, 2.45) is 5.92 Å². The fraction of sp³-hybridized carbons (Fsp3) is 0.692. The smallest absolute Gasteiger partial charge is 0.295 e. The Morgan fingerprint density at radius 2 is 2.05 bits per heavy atom. The van der Waals surface area contributed by atoms with Gasteiger partial charge in [-0.25, -0.2) is 8.78 Å². The number of nitrogens with zero attached hydrogens (tertiary/aromatic N) is 3. The van der Waals surface area contributed by atoms with Crippen molar-refractivity contribution in [3.8, 4) is 0 Å². The first-order valence-corrected chi connectivity index (χ1v) is 6.60. The summed E-state index contributed by atoms with van der Waals surface area (Å²) in [5.41, 5.74) is -1.02. The lowest BCUT2D eigenvalue weighted by molar-refractivity contribution is -0.138. The van der Waals surface area contributed by atoms with E-state index in [-0.39, 0.29) is 31.2 Å². The van der Waals surface area contributed by atoms with E-state index in [9.17, 15) is 22.0 Å². The van der Waals surface area contributed by atoms with Crippen LogP contribution in [0.5, 0.6) is 0 Å². The van der Waals surface area contributed by atoms with Gasteiger partial charge in [0, 0.05) is 24.9 Å². The first kappa shape index (κ1) is 16.1. The molecule has 0 amide bonds. The molecule has 0 spiro atoms. The van der Waals surface area contributed by atoms with Crippen molar-refractivity contribution >= 4 is 0 Å². The third kappa shape index (κ3) is 3.66. The van der Waals surface area contributed by atoms with Crippen molar-refractivity contribution in [2.45, 2.75) is 38.4 Å². The van der Waals surface area contributed by atoms with Gasteiger partial charge in [-0.15, -0.1) is 0 Å². The molecule has 1 fully saturated rings. The van der Waals surface area contributed by atoms with Crippen molar-refractivity contribution in [1.29, 1.82) is 0 Å². The molecule has 0 unspecified atom stereocenters. The van der Waals surface area contributed by atoms with Crippen molar-refractivity contribution < 1.29 is 22.0 Å². The highest BCUT2D eigenvalue weighted by atomic mass is 19.4. The number of alkyl halides is 5. The first-order chi connectivity index (χ1) is 9.59. The van der Waals surface area contributed by atoms with Gasteiger partial charge in [-0.05, 0) is 19.9 Å². The zero-order valence-corrected chi connectivity index (χ0v) is 11.7. The zero-order chi connectivity index (χ0) is 15.8. The topological polar surface area (TPSA) is 29.0 Å². The van der Waals surface area contributed by atoms with E-state index < -0.39 is 23.6 Å². The predicted molar refractivity (Wildman–Crippen MR) is 65.9 cm³/mol. The molecule has 2 heterocycles. The fourth-order valence-electron chi connectivity index (χ4n) is 2.41. The third-order valence-corrected chi connectivity index (χ3v) is 3.68. The van der Waals surface area contributed by atoms with Crippen LogP contribution in [-0.4, -0.2) is 40.2 Å². The van der Waals surface area contributed by atoms with Crippen LogP contribution in [0.1, 0.15) is 25.1 Å². The highest BCUT2D eigenvalue weighted by molar-refractivity contribution is 5.17. The van der Waals surface area contributed by atoms with Crippen LogP contribution < -0.4 is 0 Å². The molecule has 0 N–H and O–H groups in total. The van der Waals surface area contributed by atoms with Gasteiger partial charge in [-0.1, -0.05) is 0 Å². The van der Waals surface area contributed by atoms with Gasteiger partial charge >= 0.3 is 6.18 Å². The van der Waals surface area contributed by atoms with Crippen LogP contribution in [0.15, 0.2) is 12.3 Å². The lowest BCUT2D eigenvalue weighted by Gasteiger charge is -2.19. The molecule has 1 saturated heterocycles. The summed E-state index contributed by atoms with van der Waals surface area (Å²) in [5, 5.41) is 6.82. The normalized spacial score (nSPS) is 23.0. The lowest BCUT2D eigenvalue weighted by atomic mass is 9.98. The minimum absolute atomic E-state index is 0.0338. The molecule has 8 heteroatoms. The van der Waals surface area contributed by atoms with E-state index in [4.69, 9.17) is 0 Å². The van der Waals surface area contributed by atoms with Crippen LogP contribution in [0, 0.1) is 5.92 Å². The second-order valence-electron chi connectivity index (χ2n) is 5.62. The average Bonchev–Trinajstić information content (AvgIpc) is 2.65. The highest BCUT2D eigenvalue weighted by Crippen LogP contribution is 2.36. The van der Waals surface area contributed by atoms with Crippen LogP contribution in [-0.2, 0) is 12.6 Å². The Morgan fingerprint density at radius 3 is 2.57 bits per heavy atom. The van der Waals surface area contributed by atoms with Gasteiger partial charge < -0.3 is 0 Å². The highest BCUT2D eigenvalue weighted by Gasteiger charge is 2.48. The minimum atomic E-state index is -4.55. The summed E-state index contributed by atoms with van der Waals surface area (Å²) in [6.45, 7) is 3.38. The van der Waals surface area contributed by atoms with E-state index in [0.29, 0.717) is 6.20 Å². The number of halogens is 5. The summed E-state index contributed by atoms with van der Waals surface area (Å²) in [4.78, 5) is 1.62. The quantitative estimate of drug-likeness (QED) is 0.804. The van der Waals surface area contributed by atoms with Crippen LogP contribution in [0.2, 0.25) is 0 Å². The maximum absolute atomic E-state index is 13.9. The molecular weight excluding hydrogens is 293 g/mol. The van der Waals surface area contributed by atoms with Gasteiger partial charge in [-0.3, -0.25) is 4.90 Å². The maximum atomic E-state index is 13.9. The Balaban J connectivity index is 2.15. The molecule has 0 aromatic carbocycles. The molecule has 1 aliphatic heterocycles. The molecule has 0 saturated carbocycles. The summed E-state index contributed by atoms with van der Waals surface area (Å²) >= 11 is 0. The van der Waals surface area contributed by atoms with Crippen LogP contribution in [0.3, 0.4) is 0 Å². The maximum Gasteiger partial charge on any atom is 0.418 e. The number of hydrogen-bond donors (Lipinski definition) is 0. The Morgan fingerprint density at radius 1 is 1.38 bits per heavy atom. The largest absolute Gasteiger partial charge is 0.418 e. The number of likely N-dealkylation sites (tertiary alicyclic amines) is 1. The van der Waals surface area contributed by atoms with Gasteiger partial charge in [0.15, 0.2) is 0 Å². The summed E-state index contributed by atoms with van der Waals surface area (Å²) in [7, 11) is 0. The van der Waals surface area contributed by atoms with Crippen LogP contribution >= 0.6 is 0 Å². The van der Waals surface area contributed by atoms with Crippen molar-refractivity contribution in [3.05, 3.63) is 23.5 Å². The van der Waals surface area contributed by atoms with E-state index in [1.807, 2.05) is 13.8 Å². The standard InChI is InChI=1S/C13H16F5N3/c1-8(2)21-6-10(12(14,15)7-21)4-11-3-9(5-19-20-11)13(16,17)18/h3,5,8,10H,4,6-7H2,1-2H3/t10-/m0/s1. The van der Waals surface area contributed by atoms with Gasteiger partial charge in [0.25, 0.3) is 5.92 Å². The summed E-state index contributed by atoms with van der Waals surface area (Å²) in [6, 6.07) is 0.759. The van der Waals surface area contributed by atoms with E-state index >= 15 is 0 Å². The molecule has 21 heavy (non-hydrogen) atoms. The molecule has 2 rings (SSSR count). The van der Waals surface area contributed by atoms with Crippen molar-refractivity contribution in [2.75, 3.05) is 13.1 Å². The predicted octanol–water partition coefficient (Wildman–Crippen LogP) is 3.01. The van der Waals surface area contributed by atoms with E-state index in [1.54, 1.807) is 4.90 Å². The van der Waals surface area contributed by atoms with E-state index in [1.165, 1.54) is 0 Å². The number of hydrogen-bond acceptors (Lipinski definition) is 3. The van der Waals surface area contributed by atoms with Gasteiger partial charge in [-0.2, -0.15) is 23.4 Å². The number of aromatic nitrogens is 2. The molecule has 1 aliphatic rings. The summed E-state index contributed by atoms with van der Waals surface area (Å²) in [6.07, 6.45) is -4.17. The Labute approximate surface area is 119 Å². The fourth-order valence-corrected chi connectivity index (χ4v) is 2.41. The van der Waals surface area contributed by atoms with Crippen molar-refractivity contribution in [1.82, 2.24) is 15.1 Å². The Kier molecular flexibility index (Phi) is 4.19. The zero-order valence-electron chi connectivity index (χ0n) is 11.7. The Hall–Kier alpha value is -1.31. The third-order valence-electron chi connectivity index (χ3n) is 3.68. The number of rotatable bonds is 3. The van der Waals surface area contributed by atoms with Gasteiger partial charge in [0.1, 0.15) is 0 Å². The minimum Gasteiger partial charge on any atom is -0.295 e. The van der Waals surface area contributed by atoms with E-state index in [0.717, 1.165) is 6.07 Å². The molecular formula is C13H16F5N3. The molecule has 118 valence electrons. The van der Waals surface area contributed by atoms with Crippen LogP contribution in [0.25, 0.3) is 0 Å². The monoisotopic (exact) mass is 309 g/mol. The second kappa shape index (κ2) is 5.47. The lowest BCUT2D eigenvalue weighted by Crippen LogP contribution is -2.31. The van der Waals surface area contributed by atoms with Crippen molar-refractivity contribution in [3.63, 3.8) is 0 Å². The molecule has 0 aliphatic carbocycles. The first-order valence-electron chi connectivity index (χ1n) is 6.60. The molecule has 0 radical (unpaired) electrons. The Bertz CT molecular complexity index is 501. The molecule has 1 aromatic heterocycles. The SMILES string of the molecule is CC(C)N1C[C@H](Cc2cc(C(F)(F)F)cnn2)C(F)(F)C1.